The van der Waals surface area contributed by atoms with Gasteiger partial charge in [-0.1, -0.05) is 5.16 Å². The van der Waals surface area contributed by atoms with Gasteiger partial charge in [0.05, 0.1) is 6.04 Å². The van der Waals surface area contributed by atoms with E-state index in [0.717, 1.165) is 0 Å². The highest BCUT2D eigenvalue weighted by atomic mass is 16.5. The number of rotatable bonds is 5. The largest absolute Gasteiger partial charge is 0.396 e. The highest BCUT2D eigenvalue weighted by Gasteiger charge is 2.39. The molecule has 7 nitrogen and oxygen atoms in total. The van der Waals surface area contributed by atoms with Crippen LogP contribution >= 0.6 is 0 Å². The smallest absolute Gasteiger partial charge is 0.243 e. The summed E-state index contributed by atoms with van der Waals surface area (Å²) in [5, 5.41) is 12.8. The zero-order valence-corrected chi connectivity index (χ0v) is 10.5. The molecule has 3 N–H and O–H groups in total. The lowest BCUT2D eigenvalue weighted by Gasteiger charge is -2.32. The van der Waals surface area contributed by atoms with E-state index < -0.39 is 11.6 Å². The number of aliphatic hydroxyl groups excluding tert-OH is 1. The van der Waals surface area contributed by atoms with E-state index in [9.17, 15) is 0 Å². The number of aromatic nitrogens is 2. The fourth-order valence-corrected chi connectivity index (χ4v) is 2.05. The molecule has 2 heterocycles. The SMILES string of the molecule is COC1(c2noc(C(N)CCO)n2)CCOCC1. The predicted octanol–water partition coefficient (Wildman–Crippen LogP) is 0.104. The van der Waals surface area contributed by atoms with Crippen LogP contribution in [0.2, 0.25) is 0 Å². The number of hydrogen-bond acceptors (Lipinski definition) is 7. The number of methoxy groups -OCH3 is 1. The number of aliphatic hydroxyl groups is 1. The molecule has 1 aromatic heterocycles. The van der Waals surface area contributed by atoms with Crippen molar-refractivity contribution in [1.82, 2.24) is 10.1 Å². The summed E-state index contributed by atoms with van der Waals surface area (Å²) in [7, 11) is 1.63. The average Bonchev–Trinajstić information content (AvgIpc) is 2.90. The molecule has 7 heteroatoms. The second-order valence-corrected chi connectivity index (χ2v) is 4.39. The van der Waals surface area contributed by atoms with Crippen LogP contribution in [0.25, 0.3) is 0 Å². The summed E-state index contributed by atoms with van der Waals surface area (Å²) in [6, 6.07) is -0.440. The van der Waals surface area contributed by atoms with Gasteiger partial charge in [-0.05, 0) is 6.42 Å². The predicted molar refractivity (Wildman–Crippen MR) is 61.7 cm³/mol. The molecule has 0 amide bonds. The molecule has 1 aromatic rings. The third-order valence-corrected chi connectivity index (χ3v) is 3.30. The second kappa shape index (κ2) is 5.75. The van der Waals surface area contributed by atoms with E-state index in [4.69, 9.17) is 24.8 Å². The molecular formula is C11H19N3O4. The maximum Gasteiger partial charge on any atom is 0.243 e. The van der Waals surface area contributed by atoms with Crippen LogP contribution in [0, 0.1) is 0 Å². The summed E-state index contributed by atoms with van der Waals surface area (Å²) in [5.74, 6) is 0.846. The second-order valence-electron chi connectivity index (χ2n) is 4.39. The number of nitrogens with zero attached hydrogens (tertiary/aromatic N) is 2. The van der Waals surface area contributed by atoms with Gasteiger partial charge in [0.1, 0.15) is 5.60 Å². The third-order valence-electron chi connectivity index (χ3n) is 3.30. The van der Waals surface area contributed by atoms with Gasteiger partial charge >= 0.3 is 0 Å². The molecule has 1 aliphatic rings. The monoisotopic (exact) mass is 257 g/mol. The standard InChI is InChI=1S/C11H19N3O4/c1-16-11(3-6-17-7-4-11)10-13-9(18-14-10)8(12)2-5-15/h8,15H,2-7,12H2,1H3. The van der Waals surface area contributed by atoms with Crippen molar-refractivity contribution in [2.24, 2.45) is 5.73 Å². The molecule has 1 saturated heterocycles. The Morgan fingerprint density at radius 3 is 2.83 bits per heavy atom. The normalized spacial score (nSPS) is 20.8. The van der Waals surface area contributed by atoms with Crippen molar-refractivity contribution in [2.75, 3.05) is 26.9 Å². The molecule has 102 valence electrons. The molecule has 0 aliphatic carbocycles. The molecule has 1 fully saturated rings. The quantitative estimate of drug-likeness (QED) is 0.771. The Kier molecular flexibility index (Phi) is 4.28. The van der Waals surface area contributed by atoms with E-state index in [2.05, 4.69) is 10.1 Å². The van der Waals surface area contributed by atoms with Crippen molar-refractivity contribution in [3.63, 3.8) is 0 Å². The number of nitrogens with two attached hydrogens (primary N) is 1. The topological polar surface area (TPSA) is 104 Å². The molecule has 0 aromatic carbocycles. The van der Waals surface area contributed by atoms with Crippen LogP contribution < -0.4 is 5.73 Å². The summed E-state index contributed by atoms with van der Waals surface area (Å²) in [6.07, 6.45) is 1.78. The summed E-state index contributed by atoms with van der Waals surface area (Å²) < 4.78 is 16.0. The van der Waals surface area contributed by atoms with Crippen LogP contribution in [0.3, 0.4) is 0 Å². The molecular weight excluding hydrogens is 238 g/mol. The van der Waals surface area contributed by atoms with Crippen LogP contribution in [0.1, 0.15) is 37.0 Å². The Morgan fingerprint density at radius 1 is 1.50 bits per heavy atom. The highest BCUT2D eigenvalue weighted by Crippen LogP contribution is 2.33. The summed E-state index contributed by atoms with van der Waals surface area (Å²) in [4.78, 5) is 4.30. The Morgan fingerprint density at radius 2 is 2.22 bits per heavy atom. The van der Waals surface area contributed by atoms with Gasteiger partial charge in [0.25, 0.3) is 0 Å². The fraction of sp³-hybridized carbons (Fsp3) is 0.818. The van der Waals surface area contributed by atoms with E-state index in [1.807, 2.05) is 0 Å². The summed E-state index contributed by atoms with van der Waals surface area (Å²) >= 11 is 0. The maximum absolute atomic E-state index is 8.84. The van der Waals surface area contributed by atoms with Crippen molar-refractivity contribution in [3.8, 4) is 0 Å². The van der Waals surface area contributed by atoms with Gasteiger partial charge < -0.3 is 24.8 Å². The highest BCUT2D eigenvalue weighted by molar-refractivity contribution is 5.04. The minimum absolute atomic E-state index is 0.0118. The fourth-order valence-electron chi connectivity index (χ4n) is 2.05. The van der Waals surface area contributed by atoms with Crippen LogP contribution in [-0.4, -0.2) is 42.2 Å². The number of hydrogen-bond donors (Lipinski definition) is 2. The Labute approximate surface area is 105 Å². The van der Waals surface area contributed by atoms with Crippen molar-refractivity contribution in [1.29, 1.82) is 0 Å². The Balaban J connectivity index is 2.16. The molecule has 18 heavy (non-hydrogen) atoms. The van der Waals surface area contributed by atoms with Crippen LogP contribution in [0.4, 0.5) is 0 Å². The van der Waals surface area contributed by atoms with E-state index in [0.29, 0.717) is 44.2 Å². The van der Waals surface area contributed by atoms with E-state index in [1.165, 1.54) is 0 Å². The van der Waals surface area contributed by atoms with Crippen molar-refractivity contribution < 1.29 is 19.1 Å². The maximum atomic E-state index is 8.84. The first kappa shape index (κ1) is 13.4. The lowest BCUT2D eigenvalue weighted by molar-refractivity contribution is -0.101. The first-order valence-electron chi connectivity index (χ1n) is 6.05. The minimum atomic E-state index is -0.543. The van der Waals surface area contributed by atoms with Crippen LogP contribution in [0.5, 0.6) is 0 Å². The zero-order valence-electron chi connectivity index (χ0n) is 10.5. The van der Waals surface area contributed by atoms with Crippen molar-refractivity contribution in [2.45, 2.75) is 30.9 Å². The molecule has 0 spiro atoms. The lowest BCUT2D eigenvalue weighted by Crippen LogP contribution is -2.36. The molecule has 1 unspecified atom stereocenters. The van der Waals surface area contributed by atoms with Gasteiger partial charge in [-0.3, -0.25) is 0 Å². The van der Waals surface area contributed by atoms with Crippen molar-refractivity contribution in [3.05, 3.63) is 11.7 Å². The summed E-state index contributed by atoms with van der Waals surface area (Å²) in [5.41, 5.74) is 5.27. The molecule has 1 atom stereocenters. The van der Waals surface area contributed by atoms with Gasteiger partial charge in [-0.2, -0.15) is 4.98 Å². The first-order chi connectivity index (χ1) is 8.72. The van der Waals surface area contributed by atoms with Gasteiger partial charge in [0.2, 0.25) is 11.7 Å². The van der Waals surface area contributed by atoms with Gasteiger partial charge in [0, 0.05) is 39.8 Å². The average molecular weight is 257 g/mol. The first-order valence-corrected chi connectivity index (χ1v) is 6.05. The van der Waals surface area contributed by atoms with E-state index >= 15 is 0 Å². The summed E-state index contributed by atoms with van der Waals surface area (Å²) in [6.45, 7) is 1.21. The molecule has 0 saturated carbocycles. The van der Waals surface area contributed by atoms with Gasteiger partial charge in [-0.15, -0.1) is 0 Å². The number of ether oxygens (including phenoxy) is 2. The zero-order chi connectivity index (χ0) is 13.0. The van der Waals surface area contributed by atoms with Crippen molar-refractivity contribution >= 4 is 0 Å². The van der Waals surface area contributed by atoms with E-state index in [-0.39, 0.29) is 6.61 Å². The molecule has 0 bridgehead atoms. The molecule has 2 rings (SSSR count). The van der Waals surface area contributed by atoms with Crippen LogP contribution in [0.15, 0.2) is 4.52 Å². The molecule has 0 radical (unpaired) electrons. The molecule has 1 aliphatic heterocycles. The van der Waals surface area contributed by atoms with Gasteiger partial charge in [-0.25, -0.2) is 0 Å². The Hall–Kier alpha value is -1.02. The Bertz CT molecular complexity index is 376. The third kappa shape index (κ3) is 2.54. The lowest BCUT2D eigenvalue weighted by atomic mass is 9.93. The van der Waals surface area contributed by atoms with E-state index in [1.54, 1.807) is 7.11 Å². The van der Waals surface area contributed by atoms with Crippen LogP contribution in [-0.2, 0) is 15.1 Å². The van der Waals surface area contributed by atoms with Gasteiger partial charge in [0.15, 0.2) is 0 Å². The minimum Gasteiger partial charge on any atom is -0.396 e.